The quantitative estimate of drug-likeness (QED) is 0.761. The fourth-order valence-electron chi connectivity index (χ4n) is 3.37. The van der Waals surface area contributed by atoms with Crippen molar-refractivity contribution in [3.05, 3.63) is 23.3 Å². The molecule has 3 N–H and O–H groups in total. The highest BCUT2D eigenvalue weighted by molar-refractivity contribution is 5.96. The number of nitrogens with two attached hydrogens (primary N) is 1. The maximum absolute atomic E-state index is 13.3. The predicted molar refractivity (Wildman–Crippen MR) is 82.0 cm³/mol. The van der Waals surface area contributed by atoms with Gasteiger partial charge in [-0.2, -0.15) is 13.2 Å². The van der Waals surface area contributed by atoms with Crippen molar-refractivity contribution in [2.75, 3.05) is 0 Å². The standard InChI is InChI=1S/C17H22F3NO2/c1-5-9-16(23,17(18,19)20)10-15(3,4)13-11(2)7-6-8-12(13)14(21)22/h1,6,8,11,23H,7,9-10H2,2-4H3,(H2,21,22). The average molecular weight is 329 g/mol. The Kier molecular flexibility index (Phi) is 5.37. The molecule has 1 rings (SSSR count). The molecule has 1 amide bonds. The van der Waals surface area contributed by atoms with Crippen molar-refractivity contribution in [3.63, 3.8) is 0 Å². The van der Waals surface area contributed by atoms with Gasteiger partial charge in [0.2, 0.25) is 5.91 Å². The van der Waals surface area contributed by atoms with Gasteiger partial charge in [0.15, 0.2) is 5.60 Å². The number of amides is 1. The first kappa shape index (κ1) is 19.3. The van der Waals surface area contributed by atoms with Crippen molar-refractivity contribution in [1.29, 1.82) is 0 Å². The molecule has 1 aliphatic rings. The molecular weight excluding hydrogens is 307 g/mol. The normalized spacial score (nSPS) is 21.7. The van der Waals surface area contributed by atoms with Crippen molar-refractivity contribution >= 4 is 5.91 Å². The van der Waals surface area contributed by atoms with Gasteiger partial charge >= 0.3 is 6.18 Å². The summed E-state index contributed by atoms with van der Waals surface area (Å²) < 4.78 is 39.8. The summed E-state index contributed by atoms with van der Waals surface area (Å²) >= 11 is 0. The van der Waals surface area contributed by atoms with Crippen LogP contribution in [-0.4, -0.2) is 22.8 Å². The van der Waals surface area contributed by atoms with Crippen LogP contribution in [0.4, 0.5) is 13.2 Å². The lowest BCUT2D eigenvalue weighted by atomic mass is 9.66. The van der Waals surface area contributed by atoms with Gasteiger partial charge in [0.05, 0.1) is 0 Å². The summed E-state index contributed by atoms with van der Waals surface area (Å²) in [6.07, 6.45) is 2.55. The minimum atomic E-state index is -4.86. The maximum atomic E-state index is 13.3. The molecule has 6 heteroatoms. The minimum absolute atomic E-state index is 0.152. The lowest BCUT2D eigenvalue weighted by Gasteiger charge is -2.41. The van der Waals surface area contributed by atoms with Gasteiger partial charge in [0.1, 0.15) is 0 Å². The SMILES string of the molecule is C#CCC(O)(CC(C)(C)C1=C(C(N)=O)C=CCC1C)C(F)(F)F. The van der Waals surface area contributed by atoms with Gasteiger partial charge < -0.3 is 10.8 Å². The van der Waals surface area contributed by atoms with Gasteiger partial charge in [0.25, 0.3) is 0 Å². The summed E-state index contributed by atoms with van der Waals surface area (Å²) in [7, 11) is 0. The van der Waals surface area contributed by atoms with E-state index in [0.29, 0.717) is 12.0 Å². The summed E-state index contributed by atoms with van der Waals surface area (Å²) in [5, 5.41) is 10.1. The molecule has 23 heavy (non-hydrogen) atoms. The van der Waals surface area contributed by atoms with Crippen LogP contribution in [0.3, 0.4) is 0 Å². The lowest BCUT2D eigenvalue weighted by Crippen LogP contribution is -2.49. The molecule has 0 saturated carbocycles. The van der Waals surface area contributed by atoms with E-state index in [9.17, 15) is 23.1 Å². The molecule has 2 unspecified atom stereocenters. The predicted octanol–water partition coefficient (Wildman–Crippen LogP) is 3.10. The van der Waals surface area contributed by atoms with Gasteiger partial charge in [-0.1, -0.05) is 32.9 Å². The van der Waals surface area contributed by atoms with Crippen LogP contribution in [0.1, 0.15) is 40.0 Å². The monoisotopic (exact) mass is 329 g/mol. The molecule has 0 aromatic rings. The van der Waals surface area contributed by atoms with Crippen LogP contribution in [0, 0.1) is 23.7 Å². The molecule has 0 heterocycles. The molecule has 3 nitrogen and oxygen atoms in total. The van der Waals surface area contributed by atoms with Gasteiger partial charge in [0, 0.05) is 12.0 Å². The van der Waals surface area contributed by atoms with Crippen LogP contribution in [0.5, 0.6) is 0 Å². The van der Waals surface area contributed by atoms with Gasteiger partial charge in [-0.3, -0.25) is 4.79 Å². The number of carbonyl (C=O) groups is 1. The molecular formula is C17H22F3NO2. The first-order valence-corrected chi connectivity index (χ1v) is 7.29. The van der Waals surface area contributed by atoms with E-state index < -0.39 is 35.9 Å². The van der Waals surface area contributed by atoms with E-state index in [1.807, 2.05) is 12.8 Å². The van der Waals surface area contributed by atoms with Crippen LogP contribution >= 0.6 is 0 Å². The zero-order chi connectivity index (χ0) is 18.1. The third-order valence-corrected chi connectivity index (χ3v) is 4.21. The second kappa shape index (κ2) is 6.40. The van der Waals surface area contributed by atoms with Crippen LogP contribution < -0.4 is 5.73 Å². The van der Waals surface area contributed by atoms with Crippen LogP contribution in [-0.2, 0) is 4.79 Å². The Morgan fingerprint density at radius 2 is 2.04 bits per heavy atom. The van der Waals surface area contributed by atoms with E-state index in [1.165, 1.54) is 6.08 Å². The third-order valence-electron chi connectivity index (χ3n) is 4.21. The van der Waals surface area contributed by atoms with Crippen molar-refractivity contribution in [2.45, 2.75) is 51.8 Å². The molecule has 0 radical (unpaired) electrons. The zero-order valence-electron chi connectivity index (χ0n) is 13.5. The first-order valence-electron chi connectivity index (χ1n) is 7.29. The highest BCUT2D eigenvalue weighted by Gasteiger charge is 2.56. The Hall–Kier alpha value is -1.74. The van der Waals surface area contributed by atoms with Crippen molar-refractivity contribution in [1.82, 2.24) is 0 Å². The summed E-state index contributed by atoms with van der Waals surface area (Å²) in [5.74, 6) is 1.05. The largest absolute Gasteiger partial charge is 0.418 e. The molecule has 0 bridgehead atoms. The number of halogens is 3. The van der Waals surface area contributed by atoms with Crippen LogP contribution in [0.25, 0.3) is 0 Å². The fraction of sp³-hybridized carbons (Fsp3) is 0.588. The van der Waals surface area contributed by atoms with Crippen LogP contribution in [0.15, 0.2) is 23.3 Å². The fourth-order valence-corrected chi connectivity index (χ4v) is 3.37. The molecule has 0 aliphatic heterocycles. The van der Waals surface area contributed by atoms with Crippen molar-refractivity contribution in [3.8, 4) is 12.3 Å². The number of aliphatic hydroxyl groups is 1. The van der Waals surface area contributed by atoms with E-state index >= 15 is 0 Å². The number of rotatable bonds is 5. The molecule has 128 valence electrons. The number of terminal acetylenes is 1. The first-order chi connectivity index (χ1) is 10.4. The second-order valence-electron chi connectivity index (χ2n) is 6.70. The van der Waals surface area contributed by atoms with E-state index in [0.717, 1.165) is 0 Å². The second-order valence-corrected chi connectivity index (χ2v) is 6.70. The number of allylic oxidation sites excluding steroid dienone is 2. The molecule has 0 spiro atoms. The topological polar surface area (TPSA) is 63.3 Å². The molecule has 0 aromatic carbocycles. The number of primary amides is 1. The van der Waals surface area contributed by atoms with Crippen LogP contribution in [0.2, 0.25) is 0 Å². The molecule has 2 atom stereocenters. The Bertz CT molecular complexity index is 582. The summed E-state index contributed by atoms with van der Waals surface area (Å²) in [6.45, 7) is 4.94. The van der Waals surface area contributed by atoms with Crippen molar-refractivity contribution < 1.29 is 23.1 Å². The molecule has 0 saturated heterocycles. The Morgan fingerprint density at radius 3 is 2.48 bits per heavy atom. The van der Waals surface area contributed by atoms with E-state index in [2.05, 4.69) is 0 Å². The van der Waals surface area contributed by atoms with Crippen molar-refractivity contribution in [2.24, 2.45) is 17.1 Å². The van der Waals surface area contributed by atoms with E-state index in [-0.39, 0.29) is 11.5 Å². The highest BCUT2D eigenvalue weighted by atomic mass is 19.4. The van der Waals surface area contributed by atoms with E-state index in [4.69, 9.17) is 12.2 Å². The maximum Gasteiger partial charge on any atom is 0.418 e. The molecule has 0 fully saturated rings. The Morgan fingerprint density at radius 1 is 1.48 bits per heavy atom. The molecule has 0 aromatic heterocycles. The summed E-state index contributed by atoms with van der Waals surface area (Å²) in [5.41, 5.74) is 1.97. The number of hydrogen-bond donors (Lipinski definition) is 2. The highest BCUT2D eigenvalue weighted by Crippen LogP contribution is 2.48. The minimum Gasteiger partial charge on any atom is -0.380 e. The third kappa shape index (κ3) is 3.97. The average Bonchev–Trinajstić information content (AvgIpc) is 2.36. The Labute approximate surface area is 134 Å². The van der Waals surface area contributed by atoms with E-state index in [1.54, 1.807) is 19.9 Å². The number of hydrogen-bond acceptors (Lipinski definition) is 2. The lowest BCUT2D eigenvalue weighted by molar-refractivity contribution is -0.266. The van der Waals surface area contributed by atoms with Gasteiger partial charge in [-0.25, -0.2) is 0 Å². The molecule has 1 aliphatic carbocycles. The number of alkyl halides is 3. The summed E-state index contributed by atoms with van der Waals surface area (Å²) in [6, 6.07) is 0. The zero-order valence-corrected chi connectivity index (χ0v) is 13.5. The smallest absolute Gasteiger partial charge is 0.380 e. The Balaban J connectivity index is 3.36. The van der Waals surface area contributed by atoms with Gasteiger partial charge in [-0.05, 0) is 29.7 Å². The summed E-state index contributed by atoms with van der Waals surface area (Å²) in [4.78, 5) is 11.6. The number of carbonyl (C=O) groups excluding carboxylic acids is 1. The van der Waals surface area contributed by atoms with Gasteiger partial charge in [-0.15, -0.1) is 12.3 Å².